The summed E-state index contributed by atoms with van der Waals surface area (Å²) in [5, 5.41) is 9.11. The van der Waals surface area contributed by atoms with Gasteiger partial charge in [-0.05, 0) is 95.1 Å². The number of likely N-dealkylation sites (tertiary alicyclic amines) is 2. The van der Waals surface area contributed by atoms with E-state index in [0.29, 0.717) is 23.9 Å². The summed E-state index contributed by atoms with van der Waals surface area (Å²) in [7, 11) is 0. The average Bonchev–Trinajstić information content (AvgIpc) is 3.43. The van der Waals surface area contributed by atoms with Crippen LogP contribution in [0.25, 0.3) is 0 Å². The molecule has 3 unspecified atom stereocenters. The van der Waals surface area contributed by atoms with Crippen LogP contribution < -0.4 is 5.32 Å². The summed E-state index contributed by atoms with van der Waals surface area (Å²) in [6, 6.07) is 1.14. The Balaban J connectivity index is 1.26. The van der Waals surface area contributed by atoms with Gasteiger partial charge in [-0.25, -0.2) is 4.68 Å². The first-order valence-electron chi connectivity index (χ1n) is 17.0. The molecule has 4 heterocycles. The van der Waals surface area contributed by atoms with Crippen molar-refractivity contribution < 1.29 is 4.79 Å². The van der Waals surface area contributed by atoms with Gasteiger partial charge >= 0.3 is 0 Å². The second-order valence-corrected chi connectivity index (χ2v) is 13.8. The van der Waals surface area contributed by atoms with E-state index < -0.39 is 0 Å². The monoisotopic (exact) mass is 537 g/mol. The van der Waals surface area contributed by atoms with Gasteiger partial charge in [-0.15, -0.1) is 0 Å². The molecule has 2 aliphatic carbocycles. The van der Waals surface area contributed by atoms with Crippen LogP contribution in [0.5, 0.6) is 0 Å². The molecule has 4 atom stereocenters. The minimum Gasteiger partial charge on any atom is -0.366 e. The second kappa shape index (κ2) is 12.1. The highest BCUT2D eigenvalue weighted by atomic mass is 16.2. The summed E-state index contributed by atoms with van der Waals surface area (Å²) in [6.45, 7) is 8.95. The van der Waals surface area contributed by atoms with Crippen molar-refractivity contribution in [2.24, 2.45) is 17.8 Å². The summed E-state index contributed by atoms with van der Waals surface area (Å²) in [5.74, 6) is 3.42. The van der Waals surface area contributed by atoms with E-state index >= 15 is 0 Å². The molecule has 6 nitrogen and oxygen atoms in total. The number of amides is 1. The average molecular weight is 538 g/mol. The van der Waals surface area contributed by atoms with Crippen molar-refractivity contribution in [2.45, 2.75) is 141 Å². The molecule has 39 heavy (non-hydrogen) atoms. The number of hydrogen-bond acceptors (Lipinski definition) is 4. The summed E-state index contributed by atoms with van der Waals surface area (Å²) in [4.78, 5) is 18.9. The minimum atomic E-state index is 0.105. The quantitative estimate of drug-likeness (QED) is 0.386. The number of aromatic nitrogens is 2. The maximum atomic E-state index is 14.1. The van der Waals surface area contributed by atoms with Crippen molar-refractivity contribution in [1.82, 2.24) is 19.6 Å². The van der Waals surface area contributed by atoms with E-state index in [1.165, 1.54) is 109 Å². The molecule has 4 fully saturated rings. The Kier molecular flexibility index (Phi) is 8.58. The molecule has 6 heteroatoms. The number of rotatable bonds is 8. The number of unbranched alkanes of at least 4 members (excludes halogenated alkanes) is 1. The highest BCUT2D eigenvalue weighted by Gasteiger charge is 2.59. The molecule has 2 saturated carbocycles. The Morgan fingerprint density at radius 1 is 0.923 bits per heavy atom. The van der Waals surface area contributed by atoms with Crippen molar-refractivity contribution >= 4 is 11.7 Å². The van der Waals surface area contributed by atoms with Crippen LogP contribution in [0.4, 0.5) is 5.82 Å². The van der Waals surface area contributed by atoms with Gasteiger partial charge in [0.25, 0.3) is 5.91 Å². The maximum absolute atomic E-state index is 14.1. The zero-order valence-electron chi connectivity index (χ0n) is 25.0. The van der Waals surface area contributed by atoms with E-state index in [2.05, 4.69) is 33.6 Å². The zero-order valence-corrected chi connectivity index (χ0v) is 25.0. The number of carbonyl (C=O) groups excluding carboxylic acids is 1. The van der Waals surface area contributed by atoms with Crippen LogP contribution in [0, 0.1) is 17.8 Å². The molecule has 3 aliphatic heterocycles. The Hall–Kier alpha value is -1.56. The van der Waals surface area contributed by atoms with Gasteiger partial charge in [0.15, 0.2) is 0 Å². The van der Waals surface area contributed by atoms with Gasteiger partial charge in [0.1, 0.15) is 11.4 Å². The van der Waals surface area contributed by atoms with Crippen LogP contribution in [0.3, 0.4) is 0 Å². The lowest BCUT2D eigenvalue weighted by Crippen LogP contribution is -2.63. The largest absolute Gasteiger partial charge is 0.366 e. The van der Waals surface area contributed by atoms with Crippen LogP contribution in [0.15, 0.2) is 6.20 Å². The van der Waals surface area contributed by atoms with Gasteiger partial charge in [0.2, 0.25) is 0 Å². The molecular weight excluding hydrogens is 482 g/mol. The molecule has 1 N–H and O–H groups in total. The molecule has 1 aromatic heterocycles. The van der Waals surface area contributed by atoms with Crippen molar-refractivity contribution in [3.8, 4) is 0 Å². The number of carbonyl (C=O) groups is 1. The van der Waals surface area contributed by atoms with Gasteiger partial charge in [-0.1, -0.05) is 58.8 Å². The molecule has 0 aromatic carbocycles. The van der Waals surface area contributed by atoms with E-state index in [-0.39, 0.29) is 11.4 Å². The standard InChI is InChI=1S/C33H55N5O/c1-3-5-15-27-22-26(12-4-2)33(27)23-30(25-13-8-6-9-14-25)35-31-29(24-34-38(31)33)32(39)37-20-16-28(17-21-37)36-18-10-7-11-19-36/h24-28,30,35H,3-23H2,1-2H3/t26-,27?,30?,33?/m0/s1. The fourth-order valence-corrected chi connectivity index (χ4v) is 9.47. The van der Waals surface area contributed by atoms with Crippen molar-refractivity contribution in [1.29, 1.82) is 0 Å². The lowest BCUT2D eigenvalue weighted by atomic mass is 9.52. The molecule has 0 bridgehead atoms. The lowest BCUT2D eigenvalue weighted by molar-refractivity contribution is -0.0782. The van der Waals surface area contributed by atoms with E-state index in [0.717, 1.165) is 43.2 Å². The fourth-order valence-electron chi connectivity index (χ4n) is 9.47. The summed E-state index contributed by atoms with van der Waals surface area (Å²) < 4.78 is 2.38. The molecule has 218 valence electrons. The highest BCUT2D eigenvalue weighted by molar-refractivity contribution is 5.99. The Labute approximate surface area is 237 Å². The molecule has 5 aliphatic rings. The molecule has 1 aromatic rings. The smallest absolute Gasteiger partial charge is 0.259 e. The molecule has 2 saturated heterocycles. The molecular formula is C33H55N5O. The first-order chi connectivity index (χ1) is 19.2. The predicted octanol–water partition coefficient (Wildman–Crippen LogP) is 7.06. The topological polar surface area (TPSA) is 53.4 Å². The van der Waals surface area contributed by atoms with Gasteiger partial charge in [-0.2, -0.15) is 5.10 Å². The Bertz CT molecular complexity index is 955. The van der Waals surface area contributed by atoms with Crippen LogP contribution in [0.1, 0.15) is 133 Å². The number of hydrogen-bond donors (Lipinski definition) is 1. The number of anilines is 1. The molecule has 1 amide bonds. The van der Waals surface area contributed by atoms with E-state index in [1.807, 2.05) is 6.20 Å². The van der Waals surface area contributed by atoms with Gasteiger partial charge in [0.05, 0.1) is 11.7 Å². The second-order valence-electron chi connectivity index (χ2n) is 13.8. The fraction of sp³-hybridized carbons (Fsp3) is 0.879. The SMILES string of the molecule is CCCCC1C[C@H](CCC)C12CC(C1CCCCC1)Nc1c(C(=O)N3CCC(N4CCCCC4)CC3)cnn12. The number of nitrogens with zero attached hydrogens (tertiary/aromatic N) is 4. The van der Waals surface area contributed by atoms with Crippen molar-refractivity contribution in [3.05, 3.63) is 11.8 Å². The number of fused-ring (bicyclic) bond motifs is 2. The summed E-state index contributed by atoms with van der Waals surface area (Å²) >= 11 is 0. The highest BCUT2D eigenvalue weighted by Crippen LogP contribution is 2.60. The van der Waals surface area contributed by atoms with E-state index in [4.69, 9.17) is 5.10 Å². The predicted molar refractivity (Wildman–Crippen MR) is 159 cm³/mol. The third kappa shape index (κ3) is 5.17. The van der Waals surface area contributed by atoms with Gasteiger partial charge in [-0.3, -0.25) is 4.79 Å². The number of nitrogens with one attached hydrogen (secondary N) is 1. The first kappa shape index (κ1) is 27.6. The third-order valence-corrected chi connectivity index (χ3v) is 11.7. The van der Waals surface area contributed by atoms with Crippen LogP contribution in [0.2, 0.25) is 0 Å². The minimum absolute atomic E-state index is 0.105. The molecule has 0 radical (unpaired) electrons. The maximum Gasteiger partial charge on any atom is 0.259 e. The van der Waals surface area contributed by atoms with Crippen LogP contribution in [-0.2, 0) is 5.54 Å². The third-order valence-electron chi connectivity index (χ3n) is 11.7. The summed E-state index contributed by atoms with van der Waals surface area (Å²) in [5.41, 5.74) is 0.955. The normalized spacial score (nSPS) is 32.6. The Morgan fingerprint density at radius 2 is 1.64 bits per heavy atom. The molecule has 1 spiro atoms. The van der Waals surface area contributed by atoms with Crippen LogP contribution >= 0.6 is 0 Å². The van der Waals surface area contributed by atoms with Gasteiger partial charge in [0, 0.05) is 25.2 Å². The Morgan fingerprint density at radius 3 is 2.36 bits per heavy atom. The van der Waals surface area contributed by atoms with E-state index in [9.17, 15) is 4.79 Å². The zero-order chi connectivity index (χ0) is 26.8. The van der Waals surface area contributed by atoms with Gasteiger partial charge < -0.3 is 15.1 Å². The number of piperidine rings is 2. The first-order valence-corrected chi connectivity index (χ1v) is 17.0. The van der Waals surface area contributed by atoms with Crippen molar-refractivity contribution in [3.63, 3.8) is 0 Å². The lowest BCUT2D eigenvalue weighted by Gasteiger charge is -2.61. The summed E-state index contributed by atoms with van der Waals surface area (Å²) in [6.07, 6.45) is 24.0. The molecule has 6 rings (SSSR count). The van der Waals surface area contributed by atoms with Crippen molar-refractivity contribution in [2.75, 3.05) is 31.5 Å². The van der Waals surface area contributed by atoms with E-state index in [1.54, 1.807) is 0 Å². The van der Waals surface area contributed by atoms with Crippen LogP contribution in [-0.4, -0.2) is 63.8 Å².